The predicted octanol–water partition coefficient (Wildman–Crippen LogP) is 2.18. The van der Waals surface area contributed by atoms with Gasteiger partial charge in [0.1, 0.15) is 5.82 Å². The molecule has 0 aromatic carbocycles. The maximum absolute atomic E-state index is 4.72. The molecule has 1 aromatic heterocycles. The minimum atomic E-state index is 0.225. The van der Waals surface area contributed by atoms with Crippen LogP contribution in [0, 0.1) is 0 Å². The average Bonchev–Trinajstić information content (AvgIpc) is 2.80. The van der Waals surface area contributed by atoms with Gasteiger partial charge in [-0.15, -0.1) is 0 Å². The number of nitrogens with one attached hydrogen (secondary N) is 2. The van der Waals surface area contributed by atoms with E-state index in [2.05, 4.69) is 29.4 Å². The molecule has 0 bridgehead atoms. The van der Waals surface area contributed by atoms with Gasteiger partial charge in [0, 0.05) is 11.8 Å². The van der Waals surface area contributed by atoms with Gasteiger partial charge in [0.05, 0.1) is 0 Å². The summed E-state index contributed by atoms with van der Waals surface area (Å²) in [4.78, 5) is 4.72. The Bertz CT molecular complexity index is 333. The van der Waals surface area contributed by atoms with Crippen molar-refractivity contribution in [2.45, 2.75) is 57.8 Å². The van der Waals surface area contributed by atoms with E-state index in [0.29, 0.717) is 0 Å². The van der Waals surface area contributed by atoms with Crippen LogP contribution >= 0.6 is 0 Å². The van der Waals surface area contributed by atoms with E-state index >= 15 is 0 Å². The Balaban J connectivity index is 2.18. The fraction of sp³-hybridized carbons (Fsp3) is 0.846. The van der Waals surface area contributed by atoms with Gasteiger partial charge in [-0.05, 0) is 38.8 Å². The van der Waals surface area contributed by atoms with Gasteiger partial charge in [-0.25, -0.2) is 4.98 Å². The molecule has 0 spiro atoms. The van der Waals surface area contributed by atoms with E-state index in [1.807, 2.05) is 0 Å². The van der Waals surface area contributed by atoms with E-state index in [1.54, 1.807) is 0 Å². The van der Waals surface area contributed by atoms with Crippen molar-refractivity contribution in [3.05, 3.63) is 11.6 Å². The number of aryl methyl sites for hydroxylation is 1. The molecule has 1 aliphatic heterocycles. The second kappa shape index (κ2) is 5.63. The third-order valence-corrected chi connectivity index (χ3v) is 3.78. The molecule has 1 aliphatic rings. The highest BCUT2D eigenvalue weighted by molar-refractivity contribution is 5.10. The highest BCUT2D eigenvalue weighted by Crippen LogP contribution is 2.35. The van der Waals surface area contributed by atoms with Crippen molar-refractivity contribution in [1.82, 2.24) is 20.5 Å². The van der Waals surface area contributed by atoms with Crippen LogP contribution in [0.15, 0.2) is 0 Å². The van der Waals surface area contributed by atoms with Crippen molar-refractivity contribution in [2.24, 2.45) is 0 Å². The third kappa shape index (κ3) is 2.68. The van der Waals surface area contributed by atoms with Crippen LogP contribution < -0.4 is 5.32 Å². The summed E-state index contributed by atoms with van der Waals surface area (Å²) in [7, 11) is 0. The number of nitrogens with zero attached hydrogens (tertiary/aromatic N) is 2. The lowest BCUT2D eigenvalue weighted by Gasteiger charge is -2.35. The van der Waals surface area contributed by atoms with Crippen LogP contribution in [0.25, 0.3) is 0 Å². The number of aromatic amines is 1. The molecule has 4 heteroatoms. The van der Waals surface area contributed by atoms with E-state index < -0.39 is 0 Å². The molecule has 2 rings (SSSR count). The molecule has 4 nitrogen and oxygen atoms in total. The summed E-state index contributed by atoms with van der Waals surface area (Å²) < 4.78 is 0. The summed E-state index contributed by atoms with van der Waals surface area (Å²) in [6.07, 6.45) is 6.88. The standard InChI is InChI=1S/C13H24N4/c1-3-5-11-15-12(17-16-11)13(6-4-2)7-9-14-10-8-13/h14H,3-10H2,1-2H3,(H,15,16,17). The van der Waals surface area contributed by atoms with E-state index in [9.17, 15) is 0 Å². The van der Waals surface area contributed by atoms with Crippen molar-refractivity contribution in [3.8, 4) is 0 Å². The Morgan fingerprint density at radius 2 is 1.94 bits per heavy atom. The molecule has 17 heavy (non-hydrogen) atoms. The topological polar surface area (TPSA) is 53.6 Å². The number of H-pyrrole nitrogens is 1. The lowest BCUT2D eigenvalue weighted by Crippen LogP contribution is -2.40. The molecule has 2 heterocycles. The van der Waals surface area contributed by atoms with Crippen LogP contribution in [0.3, 0.4) is 0 Å². The van der Waals surface area contributed by atoms with Crippen molar-refractivity contribution in [2.75, 3.05) is 13.1 Å². The third-order valence-electron chi connectivity index (χ3n) is 3.78. The molecule has 0 radical (unpaired) electrons. The quantitative estimate of drug-likeness (QED) is 0.824. The predicted molar refractivity (Wildman–Crippen MR) is 69.1 cm³/mol. The fourth-order valence-corrected chi connectivity index (χ4v) is 2.85. The van der Waals surface area contributed by atoms with Crippen LogP contribution in [-0.2, 0) is 11.8 Å². The van der Waals surface area contributed by atoms with E-state index in [0.717, 1.165) is 37.6 Å². The first kappa shape index (κ1) is 12.6. The van der Waals surface area contributed by atoms with Gasteiger partial charge in [-0.1, -0.05) is 20.3 Å². The average molecular weight is 236 g/mol. The molecule has 0 saturated carbocycles. The number of hydrogen-bond donors (Lipinski definition) is 2. The lowest BCUT2D eigenvalue weighted by molar-refractivity contribution is 0.271. The van der Waals surface area contributed by atoms with Crippen LogP contribution in [-0.4, -0.2) is 28.3 Å². The Morgan fingerprint density at radius 1 is 1.18 bits per heavy atom. The van der Waals surface area contributed by atoms with Gasteiger partial charge in [-0.2, -0.15) is 5.10 Å². The molecule has 1 fully saturated rings. The molecule has 2 N–H and O–H groups in total. The molecule has 0 aliphatic carbocycles. The fourth-order valence-electron chi connectivity index (χ4n) is 2.85. The number of rotatable bonds is 5. The summed E-state index contributed by atoms with van der Waals surface area (Å²) in [5.41, 5.74) is 0.225. The van der Waals surface area contributed by atoms with Gasteiger partial charge in [0.15, 0.2) is 5.82 Å². The zero-order valence-corrected chi connectivity index (χ0v) is 11.1. The molecular formula is C13H24N4. The molecule has 1 saturated heterocycles. The molecule has 96 valence electrons. The molecule has 0 unspecified atom stereocenters. The van der Waals surface area contributed by atoms with Crippen molar-refractivity contribution < 1.29 is 0 Å². The largest absolute Gasteiger partial charge is 0.317 e. The Morgan fingerprint density at radius 3 is 2.59 bits per heavy atom. The van der Waals surface area contributed by atoms with Crippen molar-refractivity contribution in [1.29, 1.82) is 0 Å². The minimum Gasteiger partial charge on any atom is -0.317 e. The van der Waals surface area contributed by atoms with Crippen LogP contribution in [0.5, 0.6) is 0 Å². The van der Waals surface area contributed by atoms with Gasteiger partial charge in [0.2, 0.25) is 0 Å². The van der Waals surface area contributed by atoms with Gasteiger partial charge < -0.3 is 5.32 Å². The van der Waals surface area contributed by atoms with Crippen molar-refractivity contribution >= 4 is 0 Å². The summed E-state index contributed by atoms with van der Waals surface area (Å²) in [5.74, 6) is 2.11. The smallest absolute Gasteiger partial charge is 0.156 e. The first-order chi connectivity index (χ1) is 8.30. The summed E-state index contributed by atoms with van der Waals surface area (Å²) in [6, 6.07) is 0. The number of piperidine rings is 1. The van der Waals surface area contributed by atoms with E-state index in [-0.39, 0.29) is 5.41 Å². The first-order valence-electron chi connectivity index (χ1n) is 6.93. The summed E-state index contributed by atoms with van der Waals surface area (Å²) >= 11 is 0. The van der Waals surface area contributed by atoms with Gasteiger partial charge in [-0.3, -0.25) is 5.10 Å². The van der Waals surface area contributed by atoms with Crippen molar-refractivity contribution in [3.63, 3.8) is 0 Å². The molecule has 0 atom stereocenters. The van der Waals surface area contributed by atoms with E-state index in [4.69, 9.17) is 4.98 Å². The Labute approximate surface area is 104 Å². The highest BCUT2D eigenvalue weighted by atomic mass is 15.2. The zero-order valence-electron chi connectivity index (χ0n) is 11.1. The Hall–Kier alpha value is -0.900. The minimum absolute atomic E-state index is 0.225. The second-order valence-electron chi connectivity index (χ2n) is 5.14. The highest BCUT2D eigenvalue weighted by Gasteiger charge is 2.36. The second-order valence-corrected chi connectivity index (χ2v) is 5.14. The summed E-state index contributed by atoms with van der Waals surface area (Å²) in [5, 5.41) is 11.0. The SMILES string of the molecule is CCCc1nc(C2(CCC)CCNCC2)n[nH]1. The number of hydrogen-bond acceptors (Lipinski definition) is 3. The summed E-state index contributed by atoms with van der Waals surface area (Å²) in [6.45, 7) is 6.62. The Kier molecular flexibility index (Phi) is 4.15. The first-order valence-corrected chi connectivity index (χ1v) is 6.93. The maximum Gasteiger partial charge on any atom is 0.156 e. The zero-order chi connectivity index (χ0) is 12.1. The lowest BCUT2D eigenvalue weighted by atomic mass is 9.75. The van der Waals surface area contributed by atoms with Gasteiger partial charge in [0.25, 0.3) is 0 Å². The van der Waals surface area contributed by atoms with E-state index in [1.165, 1.54) is 25.7 Å². The van der Waals surface area contributed by atoms with Crippen LogP contribution in [0.1, 0.15) is 57.6 Å². The molecule has 1 aromatic rings. The molecular weight excluding hydrogens is 212 g/mol. The maximum atomic E-state index is 4.72. The monoisotopic (exact) mass is 236 g/mol. The van der Waals surface area contributed by atoms with Gasteiger partial charge >= 0.3 is 0 Å². The van der Waals surface area contributed by atoms with Crippen LogP contribution in [0.2, 0.25) is 0 Å². The van der Waals surface area contributed by atoms with Crippen LogP contribution in [0.4, 0.5) is 0 Å². The normalized spacial score (nSPS) is 19.4. The number of aromatic nitrogens is 3. The molecule has 0 amide bonds.